The maximum atomic E-state index is 13.8. The van der Waals surface area contributed by atoms with Crippen LogP contribution in [-0.4, -0.2) is 31.7 Å². The Balaban J connectivity index is 2.01. The van der Waals surface area contributed by atoms with E-state index in [0.717, 1.165) is 18.2 Å². The number of non-ortho nitro benzene ring substituents is 1. The van der Waals surface area contributed by atoms with Gasteiger partial charge < -0.3 is 19.5 Å². The summed E-state index contributed by atoms with van der Waals surface area (Å²) >= 11 is 0. The number of hydrogen-bond acceptors (Lipinski definition) is 6. The summed E-state index contributed by atoms with van der Waals surface area (Å²) in [5, 5.41) is 13.3. The molecule has 0 aliphatic carbocycles. The number of carbonyl (C=O) groups excluding carboxylic acids is 1. The number of halogens is 1. The van der Waals surface area contributed by atoms with Crippen molar-refractivity contribution in [3.05, 3.63) is 57.9 Å². The van der Waals surface area contributed by atoms with Gasteiger partial charge in [0.2, 0.25) is 0 Å². The van der Waals surface area contributed by atoms with Crippen LogP contribution in [-0.2, 0) is 4.79 Å². The third-order valence-corrected chi connectivity index (χ3v) is 3.77. The molecule has 9 heteroatoms. The van der Waals surface area contributed by atoms with Crippen molar-refractivity contribution in [2.75, 3.05) is 20.8 Å². The number of carbonyl (C=O) groups is 1. The molecule has 1 amide bonds. The second-order valence-electron chi connectivity index (χ2n) is 5.56. The Morgan fingerprint density at radius 3 is 2.48 bits per heavy atom. The Kier molecular flexibility index (Phi) is 6.53. The maximum absolute atomic E-state index is 13.8. The number of nitrogens with one attached hydrogen (secondary N) is 1. The lowest BCUT2D eigenvalue weighted by molar-refractivity contribution is -0.385. The molecule has 0 saturated carbocycles. The van der Waals surface area contributed by atoms with Crippen LogP contribution in [0.4, 0.5) is 10.1 Å². The monoisotopic (exact) mass is 378 g/mol. The van der Waals surface area contributed by atoms with Gasteiger partial charge in [-0.15, -0.1) is 0 Å². The molecule has 0 fully saturated rings. The molecule has 27 heavy (non-hydrogen) atoms. The van der Waals surface area contributed by atoms with Crippen LogP contribution in [0, 0.1) is 15.9 Å². The van der Waals surface area contributed by atoms with Crippen molar-refractivity contribution in [3.63, 3.8) is 0 Å². The van der Waals surface area contributed by atoms with Crippen LogP contribution in [0.3, 0.4) is 0 Å². The first kappa shape index (κ1) is 20.0. The van der Waals surface area contributed by atoms with E-state index in [1.165, 1.54) is 14.2 Å². The number of rotatable bonds is 8. The Bertz CT molecular complexity index is 843. The first-order valence-electron chi connectivity index (χ1n) is 7.93. The molecule has 144 valence electrons. The van der Waals surface area contributed by atoms with Crippen molar-refractivity contribution >= 4 is 11.6 Å². The number of amides is 1. The van der Waals surface area contributed by atoms with E-state index < -0.39 is 35.0 Å². The van der Waals surface area contributed by atoms with Crippen LogP contribution in [0.25, 0.3) is 0 Å². The largest absolute Gasteiger partial charge is 0.497 e. The van der Waals surface area contributed by atoms with Gasteiger partial charge in [0.1, 0.15) is 11.5 Å². The second-order valence-corrected chi connectivity index (χ2v) is 5.56. The number of nitro groups is 1. The van der Waals surface area contributed by atoms with E-state index >= 15 is 0 Å². The van der Waals surface area contributed by atoms with Crippen molar-refractivity contribution in [2.45, 2.75) is 13.0 Å². The van der Waals surface area contributed by atoms with Crippen molar-refractivity contribution < 1.29 is 28.3 Å². The molecule has 0 aromatic heterocycles. The summed E-state index contributed by atoms with van der Waals surface area (Å²) in [4.78, 5) is 22.0. The molecule has 1 unspecified atom stereocenters. The quantitative estimate of drug-likeness (QED) is 0.560. The minimum Gasteiger partial charge on any atom is -0.497 e. The molecule has 2 aromatic carbocycles. The van der Waals surface area contributed by atoms with Crippen molar-refractivity contribution in [3.8, 4) is 17.2 Å². The van der Waals surface area contributed by atoms with Gasteiger partial charge in [-0.3, -0.25) is 14.9 Å². The third-order valence-electron chi connectivity index (χ3n) is 3.77. The van der Waals surface area contributed by atoms with E-state index in [2.05, 4.69) is 5.32 Å². The highest BCUT2D eigenvalue weighted by atomic mass is 19.1. The second kappa shape index (κ2) is 8.84. The van der Waals surface area contributed by atoms with Gasteiger partial charge in [0.25, 0.3) is 11.6 Å². The van der Waals surface area contributed by atoms with Crippen LogP contribution in [0.1, 0.15) is 18.5 Å². The first-order chi connectivity index (χ1) is 12.8. The number of ether oxygens (including phenoxy) is 3. The average Bonchev–Trinajstić information content (AvgIpc) is 2.66. The van der Waals surface area contributed by atoms with E-state index in [1.54, 1.807) is 25.1 Å². The Labute approximate surface area is 155 Å². The molecule has 2 aromatic rings. The van der Waals surface area contributed by atoms with E-state index in [9.17, 15) is 19.3 Å². The van der Waals surface area contributed by atoms with Gasteiger partial charge in [0, 0.05) is 11.6 Å². The zero-order valence-electron chi connectivity index (χ0n) is 15.0. The predicted octanol–water partition coefficient (Wildman–Crippen LogP) is 3.01. The summed E-state index contributed by atoms with van der Waals surface area (Å²) in [6.07, 6.45) is 0. The van der Waals surface area contributed by atoms with Gasteiger partial charge in [-0.2, -0.15) is 0 Å². The van der Waals surface area contributed by atoms with E-state index in [1.807, 2.05) is 0 Å². The Hall–Kier alpha value is -3.36. The highest BCUT2D eigenvalue weighted by molar-refractivity contribution is 5.78. The number of nitro benzene ring substituents is 1. The molecule has 8 nitrogen and oxygen atoms in total. The molecular weight excluding hydrogens is 359 g/mol. The zero-order chi connectivity index (χ0) is 20.0. The molecule has 1 atom stereocenters. The fraction of sp³-hybridized carbons (Fsp3) is 0.278. The van der Waals surface area contributed by atoms with Gasteiger partial charge in [0.05, 0.1) is 31.3 Å². The molecule has 0 radical (unpaired) electrons. The number of methoxy groups -OCH3 is 2. The fourth-order valence-corrected chi connectivity index (χ4v) is 2.40. The molecule has 2 rings (SSSR count). The number of hydrogen-bond donors (Lipinski definition) is 1. The van der Waals surface area contributed by atoms with Crippen LogP contribution >= 0.6 is 0 Å². The number of nitrogens with zero attached hydrogens (tertiary/aromatic N) is 1. The first-order valence-corrected chi connectivity index (χ1v) is 7.93. The van der Waals surface area contributed by atoms with E-state index in [4.69, 9.17) is 14.2 Å². The van der Waals surface area contributed by atoms with E-state index in [0.29, 0.717) is 17.1 Å². The highest BCUT2D eigenvalue weighted by Crippen LogP contribution is 2.29. The zero-order valence-corrected chi connectivity index (χ0v) is 15.0. The Morgan fingerprint density at radius 2 is 1.89 bits per heavy atom. The molecule has 0 bridgehead atoms. The topological polar surface area (TPSA) is 99.9 Å². The summed E-state index contributed by atoms with van der Waals surface area (Å²) in [7, 11) is 3.04. The lowest BCUT2D eigenvalue weighted by atomic mass is 10.1. The fourth-order valence-electron chi connectivity index (χ4n) is 2.40. The van der Waals surface area contributed by atoms with Gasteiger partial charge in [0.15, 0.2) is 18.2 Å². The summed E-state index contributed by atoms with van der Waals surface area (Å²) in [5.41, 5.74) is 0.301. The van der Waals surface area contributed by atoms with Crippen LogP contribution < -0.4 is 19.5 Å². The molecule has 1 N–H and O–H groups in total. The third kappa shape index (κ3) is 5.06. The molecule has 0 aliphatic rings. The maximum Gasteiger partial charge on any atom is 0.272 e. The van der Waals surface area contributed by atoms with Crippen LogP contribution in [0.5, 0.6) is 17.2 Å². The highest BCUT2D eigenvalue weighted by Gasteiger charge is 2.17. The average molecular weight is 378 g/mol. The van der Waals surface area contributed by atoms with Crippen molar-refractivity contribution in [2.24, 2.45) is 0 Å². The minimum atomic E-state index is -0.917. The lowest BCUT2D eigenvalue weighted by Crippen LogP contribution is -2.31. The van der Waals surface area contributed by atoms with Gasteiger partial charge >= 0.3 is 0 Å². The Morgan fingerprint density at radius 1 is 1.19 bits per heavy atom. The standard InChI is InChI=1S/C18H19FN2O6/c1-11(14-9-13(25-2)5-7-16(14)26-3)20-18(22)10-27-17-6-4-12(21(23)24)8-15(17)19/h4-9,11H,10H2,1-3H3,(H,20,22). The van der Waals surface area contributed by atoms with Crippen molar-refractivity contribution in [1.29, 1.82) is 0 Å². The summed E-state index contributed by atoms with van der Waals surface area (Å²) in [6.45, 7) is 1.30. The summed E-state index contributed by atoms with van der Waals surface area (Å²) < 4.78 is 29.3. The normalized spacial score (nSPS) is 11.4. The molecule has 0 heterocycles. The number of benzene rings is 2. The lowest BCUT2D eigenvalue weighted by Gasteiger charge is -2.18. The van der Waals surface area contributed by atoms with E-state index in [-0.39, 0.29) is 5.75 Å². The molecule has 0 spiro atoms. The summed E-state index contributed by atoms with van der Waals surface area (Å²) in [6, 6.07) is 7.71. The minimum absolute atomic E-state index is 0.248. The predicted molar refractivity (Wildman–Crippen MR) is 94.7 cm³/mol. The van der Waals surface area contributed by atoms with Crippen molar-refractivity contribution in [1.82, 2.24) is 5.32 Å². The van der Waals surface area contributed by atoms with Crippen LogP contribution in [0.15, 0.2) is 36.4 Å². The molecule has 0 saturated heterocycles. The van der Waals surface area contributed by atoms with Crippen LogP contribution in [0.2, 0.25) is 0 Å². The summed E-state index contributed by atoms with van der Waals surface area (Å²) in [5.74, 6) is -0.478. The smallest absolute Gasteiger partial charge is 0.272 e. The van der Waals surface area contributed by atoms with Gasteiger partial charge in [-0.05, 0) is 31.2 Å². The van der Waals surface area contributed by atoms with Gasteiger partial charge in [-0.1, -0.05) is 0 Å². The molecular formula is C18H19FN2O6. The SMILES string of the molecule is COc1ccc(OC)c(C(C)NC(=O)COc2ccc([N+](=O)[O-])cc2F)c1. The van der Waals surface area contributed by atoms with Gasteiger partial charge in [-0.25, -0.2) is 4.39 Å². The molecule has 0 aliphatic heterocycles.